The Balaban J connectivity index is 2.09. The molecule has 1 aliphatic rings. The number of nitrogens with zero attached hydrogens (tertiary/aromatic N) is 2. The SMILES string of the molecule is CN(C)C(=O)Nc1cccc(C(=O)N2CC[C@@H](N)C2)c1. The molecule has 1 aromatic rings. The first-order valence-electron chi connectivity index (χ1n) is 6.60. The Hall–Kier alpha value is -2.08. The van der Waals surface area contributed by atoms with Crippen LogP contribution in [-0.2, 0) is 0 Å². The van der Waals surface area contributed by atoms with Crippen molar-refractivity contribution in [3.63, 3.8) is 0 Å². The number of amides is 3. The Bertz CT molecular complexity index is 516. The lowest BCUT2D eigenvalue weighted by atomic mass is 10.2. The lowest BCUT2D eigenvalue weighted by Crippen LogP contribution is -2.32. The topological polar surface area (TPSA) is 78.7 Å². The zero-order valence-corrected chi connectivity index (χ0v) is 11.8. The van der Waals surface area contributed by atoms with Gasteiger partial charge < -0.3 is 20.9 Å². The van der Waals surface area contributed by atoms with Crippen molar-refractivity contribution < 1.29 is 9.59 Å². The number of carbonyl (C=O) groups is 2. The summed E-state index contributed by atoms with van der Waals surface area (Å²) in [5, 5.41) is 2.73. The lowest BCUT2D eigenvalue weighted by molar-refractivity contribution is 0.0791. The fourth-order valence-corrected chi connectivity index (χ4v) is 2.12. The summed E-state index contributed by atoms with van der Waals surface area (Å²) >= 11 is 0. The second kappa shape index (κ2) is 5.92. The van der Waals surface area contributed by atoms with E-state index in [-0.39, 0.29) is 18.0 Å². The predicted octanol–water partition coefficient (Wildman–Crippen LogP) is 0.953. The van der Waals surface area contributed by atoms with E-state index in [0.29, 0.717) is 24.3 Å². The van der Waals surface area contributed by atoms with Gasteiger partial charge in [-0.1, -0.05) is 6.07 Å². The molecule has 3 amide bonds. The number of hydrogen-bond donors (Lipinski definition) is 2. The van der Waals surface area contributed by atoms with E-state index in [1.807, 2.05) is 0 Å². The molecule has 0 unspecified atom stereocenters. The first kappa shape index (κ1) is 14.3. The summed E-state index contributed by atoms with van der Waals surface area (Å²) in [5.74, 6) is -0.0427. The van der Waals surface area contributed by atoms with Crippen LogP contribution in [0.5, 0.6) is 0 Å². The van der Waals surface area contributed by atoms with E-state index < -0.39 is 0 Å². The standard InChI is InChI=1S/C14H20N4O2/c1-17(2)14(20)16-12-5-3-4-10(8-12)13(19)18-7-6-11(15)9-18/h3-5,8,11H,6-7,9,15H2,1-2H3,(H,16,20)/t11-/m1/s1. The van der Waals surface area contributed by atoms with E-state index in [2.05, 4.69) is 5.32 Å². The van der Waals surface area contributed by atoms with Crippen molar-refractivity contribution in [2.24, 2.45) is 5.73 Å². The molecular formula is C14H20N4O2. The van der Waals surface area contributed by atoms with Crippen molar-refractivity contribution in [3.8, 4) is 0 Å². The Kier molecular flexibility index (Phi) is 4.24. The summed E-state index contributed by atoms with van der Waals surface area (Å²) < 4.78 is 0. The van der Waals surface area contributed by atoms with Crippen molar-refractivity contribution in [3.05, 3.63) is 29.8 Å². The van der Waals surface area contributed by atoms with E-state index in [1.165, 1.54) is 4.90 Å². The lowest BCUT2D eigenvalue weighted by Gasteiger charge is -2.17. The van der Waals surface area contributed by atoms with Crippen molar-refractivity contribution in [2.45, 2.75) is 12.5 Å². The molecule has 0 bridgehead atoms. The summed E-state index contributed by atoms with van der Waals surface area (Å²) in [6, 6.07) is 6.79. The minimum absolute atomic E-state index is 0.0427. The van der Waals surface area contributed by atoms with Crippen LogP contribution in [0.2, 0.25) is 0 Å². The molecule has 1 atom stereocenters. The first-order chi connectivity index (χ1) is 9.47. The van der Waals surface area contributed by atoms with Crippen LogP contribution in [0.3, 0.4) is 0 Å². The summed E-state index contributed by atoms with van der Waals surface area (Å²) in [6.45, 7) is 1.28. The van der Waals surface area contributed by atoms with Gasteiger partial charge in [0, 0.05) is 44.5 Å². The van der Waals surface area contributed by atoms with Crippen molar-refractivity contribution in [1.29, 1.82) is 0 Å². The van der Waals surface area contributed by atoms with Gasteiger partial charge in [-0.25, -0.2) is 4.79 Å². The summed E-state index contributed by atoms with van der Waals surface area (Å²) in [6.07, 6.45) is 0.836. The van der Waals surface area contributed by atoms with Crippen LogP contribution < -0.4 is 11.1 Å². The second-order valence-corrected chi connectivity index (χ2v) is 5.21. The quantitative estimate of drug-likeness (QED) is 0.844. The van der Waals surface area contributed by atoms with Gasteiger partial charge in [-0.15, -0.1) is 0 Å². The number of carbonyl (C=O) groups excluding carboxylic acids is 2. The predicted molar refractivity (Wildman–Crippen MR) is 77.6 cm³/mol. The van der Waals surface area contributed by atoms with E-state index in [1.54, 1.807) is 43.3 Å². The average Bonchev–Trinajstić information content (AvgIpc) is 2.84. The molecule has 6 nitrogen and oxygen atoms in total. The average molecular weight is 276 g/mol. The minimum atomic E-state index is -0.224. The van der Waals surface area contributed by atoms with E-state index >= 15 is 0 Å². The molecular weight excluding hydrogens is 256 g/mol. The van der Waals surface area contributed by atoms with Gasteiger partial charge in [0.1, 0.15) is 0 Å². The van der Waals surface area contributed by atoms with Gasteiger partial charge in [0.15, 0.2) is 0 Å². The Labute approximate surface area is 118 Å². The van der Waals surface area contributed by atoms with Gasteiger partial charge in [0.05, 0.1) is 0 Å². The maximum Gasteiger partial charge on any atom is 0.321 e. The number of hydrogen-bond acceptors (Lipinski definition) is 3. The number of nitrogens with two attached hydrogens (primary N) is 1. The molecule has 0 spiro atoms. The van der Waals surface area contributed by atoms with Crippen LogP contribution in [-0.4, -0.2) is 55.0 Å². The molecule has 1 aromatic carbocycles. The van der Waals surface area contributed by atoms with Gasteiger partial charge in [0.2, 0.25) is 0 Å². The second-order valence-electron chi connectivity index (χ2n) is 5.21. The molecule has 0 saturated carbocycles. The third-order valence-electron chi connectivity index (χ3n) is 3.28. The number of rotatable bonds is 2. The number of nitrogens with one attached hydrogen (secondary N) is 1. The molecule has 1 saturated heterocycles. The van der Waals surface area contributed by atoms with E-state index in [9.17, 15) is 9.59 Å². The van der Waals surface area contributed by atoms with Crippen molar-refractivity contribution in [2.75, 3.05) is 32.5 Å². The molecule has 1 heterocycles. The van der Waals surface area contributed by atoms with Gasteiger partial charge in [-0.3, -0.25) is 4.79 Å². The molecule has 0 aliphatic carbocycles. The van der Waals surface area contributed by atoms with Crippen LogP contribution in [0.4, 0.5) is 10.5 Å². The monoisotopic (exact) mass is 276 g/mol. The molecule has 6 heteroatoms. The van der Waals surface area contributed by atoms with Crippen LogP contribution in [0, 0.1) is 0 Å². The largest absolute Gasteiger partial charge is 0.337 e. The Morgan fingerprint density at radius 3 is 2.75 bits per heavy atom. The Morgan fingerprint density at radius 2 is 2.15 bits per heavy atom. The highest BCUT2D eigenvalue weighted by molar-refractivity contribution is 5.97. The zero-order valence-electron chi connectivity index (χ0n) is 11.8. The fourth-order valence-electron chi connectivity index (χ4n) is 2.12. The van der Waals surface area contributed by atoms with Crippen LogP contribution in [0.25, 0.3) is 0 Å². The highest BCUT2D eigenvalue weighted by Crippen LogP contribution is 2.16. The van der Waals surface area contributed by atoms with Crippen LogP contribution >= 0.6 is 0 Å². The fraction of sp³-hybridized carbons (Fsp3) is 0.429. The van der Waals surface area contributed by atoms with Gasteiger partial charge >= 0.3 is 6.03 Å². The molecule has 108 valence electrons. The Morgan fingerprint density at radius 1 is 1.40 bits per heavy atom. The highest BCUT2D eigenvalue weighted by atomic mass is 16.2. The van der Waals surface area contributed by atoms with Crippen molar-refractivity contribution in [1.82, 2.24) is 9.80 Å². The summed E-state index contributed by atoms with van der Waals surface area (Å²) in [5.41, 5.74) is 6.99. The highest BCUT2D eigenvalue weighted by Gasteiger charge is 2.24. The number of likely N-dealkylation sites (tertiary alicyclic amines) is 1. The third-order valence-corrected chi connectivity index (χ3v) is 3.28. The van der Waals surface area contributed by atoms with E-state index in [4.69, 9.17) is 5.73 Å². The number of benzene rings is 1. The van der Waals surface area contributed by atoms with Gasteiger partial charge in [-0.05, 0) is 24.6 Å². The van der Waals surface area contributed by atoms with Gasteiger partial charge in [-0.2, -0.15) is 0 Å². The molecule has 2 rings (SSSR count). The van der Waals surface area contributed by atoms with Gasteiger partial charge in [0.25, 0.3) is 5.91 Å². The van der Waals surface area contributed by atoms with Crippen molar-refractivity contribution >= 4 is 17.6 Å². The van der Waals surface area contributed by atoms with Crippen LogP contribution in [0.15, 0.2) is 24.3 Å². The molecule has 0 aromatic heterocycles. The summed E-state index contributed by atoms with van der Waals surface area (Å²) in [4.78, 5) is 27.1. The summed E-state index contributed by atoms with van der Waals surface area (Å²) in [7, 11) is 3.33. The first-order valence-corrected chi connectivity index (χ1v) is 6.60. The zero-order chi connectivity index (χ0) is 14.7. The molecule has 1 fully saturated rings. The normalized spacial score (nSPS) is 17.9. The van der Waals surface area contributed by atoms with Crippen LogP contribution in [0.1, 0.15) is 16.8 Å². The number of urea groups is 1. The molecule has 0 radical (unpaired) electrons. The minimum Gasteiger partial charge on any atom is -0.337 e. The smallest absolute Gasteiger partial charge is 0.321 e. The maximum atomic E-state index is 12.3. The molecule has 20 heavy (non-hydrogen) atoms. The maximum absolute atomic E-state index is 12.3. The third kappa shape index (κ3) is 3.27. The molecule has 1 aliphatic heterocycles. The number of anilines is 1. The molecule has 3 N–H and O–H groups in total. The van der Waals surface area contributed by atoms with E-state index in [0.717, 1.165) is 6.42 Å².